The molecule has 4 rings (SSSR count). The van der Waals surface area contributed by atoms with Crippen molar-refractivity contribution in [1.29, 1.82) is 5.26 Å². The summed E-state index contributed by atoms with van der Waals surface area (Å²) in [5.41, 5.74) is 3.90. The van der Waals surface area contributed by atoms with Crippen molar-refractivity contribution in [2.45, 2.75) is 45.2 Å². The predicted octanol–water partition coefficient (Wildman–Crippen LogP) is 5.39. The highest BCUT2D eigenvalue weighted by Crippen LogP contribution is 2.28. The average molecular weight is 344 g/mol. The molecule has 3 nitrogen and oxygen atoms in total. The highest BCUT2D eigenvalue weighted by atomic mass is 16.3. The lowest BCUT2D eigenvalue weighted by Crippen LogP contribution is -2.34. The molecular weight excluding hydrogens is 320 g/mol. The number of hydrogen-bond donors (Lipinski definition) is 0. The van der Waals surface area contributed by atoms with E-state index >= 15 is 0 Å². The molecule has 132 valence electrons. The van der Waals surface area contributed by atoms with Crippen LogP contribution in [0.2, 0.25) is 0 Å². The third kappa shape index (κ3) is 3.25. The van der Waals surface area contributed by atoms with Crippen LogP contribution in [0, 0.1) is 11.3 Å². The first-order valence-electron chi connectivity index (χ1n) is 9.43. The van der Waals surface area contributed by atoms with Gasteiger partial charge in [0.25, 0.3) is 0 Å². The maximum atomic E-state index is 8.94. The number of benzene rings is 2. The molecule has 1 aromatic heterocycles. The molecule has 2 atom stereocenters. The predicted molar refractivity (Wildman–Crippen MR) is 105 cm³/mol. The Balaban J connectivity index is 1.53. The Morgan fingerprint density at radius 2 is 1.69 bits per heavy atom. The van der Waals surface area contributed by atoms with E-state index < -0.39 is 0 Å². The van der Waals surface area contributed by atoms with Crippen molar-refractivity contribution in [1.82, 2.24) is 4.90 Å². The van der Waals surface area contributed by atoms with Gasteiger partial charge in [0.2, 0.25) is 0 Å². The van der Waals surface area contributed by atoms with Crippen molar-refractivity contribution in [2.75, 3.05) is 6.54 Å². The van der Waals surface area contributed by atoms with E-state index in [2.05, 4.69) is 43.0 Å². The lowest BCUT2D eigenvalue weighted by atomic mass is 10.0. The third-order valence-electron chi connectivity index (χ3n) is 5.67. The fourth-order valence-corrected chi connectivity index (χ4v) is 4.07. The lowest BCUT2D eigenvalue weighted by molar-refractivity contribution is 0.213. The van der Waals surface area contributed by atoms with E-state index in [9.17, 15) is 0 Å². The van der Waals surface area contributed by atoms with E-state index in [0.29, 0.717) is 17.6 Å². The normalized spacial score (nSPS) is 20.5. The molecule has 1 aliphatic rings. The molecule has 0 N–H and O–H groups in total. The van der Waals surface area contributed by atoms with E-state index in [1.807, 2.05) is 30.3 Å². The smallest absolute Gasteiger partial charge is 0.134 e. The molecular formula is C23H24N2O. The summed E-state index contributed by atoms with van der Waals surface area (Å²) >= 11 is 0. The van der Waals surface area contributed by atoms with Gasteiger partial charge in [0.15, 0.2) is 0 Å². The zero-order valence-electron chi connectivity index (χ0n) is 15.4. The molecule has 26 heavy (non-hydrogen) atoms. The van der Waals surface area contributed by atoms with Crippen LogP contribution in [0.4, 0.5) is 0 Å². The van der Waals surface area contributed by atoms with Gasteiger partial charge in [-0.15, -0.1) is 0 Å². The second-order valence-electron chi connectivity index (χ2n) is 7.42. The van der Waals surface area contributed by atoms with Crippen LogP contribution in [-0.2, 0) is 6.42 Å². The van der Waals surface area contributed by atoms with Crippen molar-refractivity contribution in [3.8, 4) is 17.2 Å². The van der Waals surface area contributed by atoms with E-state index in [4.69, 9.17) is 9.68 Å². The maximum absolute atomic E-state index is 8.94. The van der Waals surface area contributed by atoms with Crippen LogP contribution in [-0.4, -0.2) is 23.5 Å². The topological polar surface area (TPSA) is 40.2 Å². The Morgan fingerprint density at radius 3 is 2.38 bits per heavy atom. The first-order chi connectivity index (χ1) is 12.6. The van der Waals surface area contributed by atoms with Crippen molar-refractivity contribution >= 4 is 11.0 Å². The minimum atomic E-state index is 0.678. The molecule has 0 aliphatic carbocycles. The third-order valence-corrected chi connectivity index (χ3v) is 5.67. The molecule has 1 saturated heterocycles. The molecule has 2 aromatic carbocycles. The standard InChI is InChI=1S/C23H24N2O/c1-16-3-4-17(2)25(16)12-11-22-14-21-13-20(9-10-23(21)26-22)19-7-5-18(15-24)6-8-19/h5-10,13-14,16-17H,3-4,11-12H2,1-2H3/t16-,17-/m0/s1. The first kappa shape index (κ1) is 16.9. The Kier molecular flexibility index (Phi) is 4.53. The number of hydrogen-bond acceptors (Lipinski definition) is 3. The largest absolute Gasteiger partial charge is 0.461 e. The summed E-state index contributed by atoms with van der Waals surface area (Å²) in [5.74, 6) is 1.06. The van der Waals surface area contributed by atoms with Gasteiger partial charge in [-0.1, -0.05) is 18.2 Å². The second-order valence-corrected chi connectivity index (χ2v) is 7.42. The van der Waals surface area contributed by atoms with Crippen molar-refractivity contribution in [3.05, 3.63) is 59.9 Å². The van der Waals surface area contributed by atoms with E-state index in [0.717, 1.165) is 40.8 Å². The quantitative estimate of drug-likeness (QED) is 0.637. The van der Waals surface area contributed by atoms with E-state index in [-0.39, 0.29) is 0 Å². The van der Waals surface area contributed by atoms with Crippen LogP contribution >= 0.6 is 0 Å². The summed E-state index contributed by atoms with van der Waals surface area (Å²) in [6.45, 7) is 5.71. The van der Waals surface area contributed by atoms with Gasteiger partial charge >= 0.3 is 0 Å². The van der Waals surface area contributed by atoms with Crippen LogP contribution in [0.5, 0.6) is 0 Å². The SMILES string of the molecule is C[C@H]1CC[C@H](C)N1CCc1cc2cc(-c3ccc(C#N)cc3)ccc2o1. The van der Waals surface area contributed by atoms with Crippen LogP contribution in [0.1, 0.15) is 38.0 Å². The summed E-state index contributed by atoms with van der Waals surface area (Å²) in [4.78, 5) is 2.59. The van der Waals surface area contributed by atoms with Crippen LogP contribution in [0.3, 0.4) is 0 Å². The number of likely N-dealkylation sites (tertiary alicyclic amines) is 1. The minimum absolute atomic E-state index is 0.678. The Bertz CT molecular complexity index is 938. The number of nitrogens with zero attached hydrogens (tertiary/aromatic N) is 2. The summed E-state index contributed by atoms with van der Waals surface area (Å²) in [5, 5.41) is 10.1. The Hall–Kier alpha value is -2.57. The molecule has 0 radical (unpaired) electrons. The zero-order chi connectivity index (χ0) is 18.1. The fourth-order valence-electron chi connectivity index (χ4n) is 4.07. The number of fused-ring (bicyclic) bond motifs is 1. The van der Waals surface area contributed by atoms with Crippen LogP contribution in [0.25, 0.3) is 22.1 Å². The molecule has 1 aliphatic heterocycles. The highest BCUT2D eigenvalue weighted by Gasteiger charge is 2.26. The van der Waals surface area contributed by atoms with Gasteiger partial charge in [-0.05, 0) is 68.1 Å². The summed E-state index contributed by atoms with van der Waals surface area (Å²) in [6.07, 6.45) is 3.56. The molecule has 3 aromatic rings. The van der Waals surface area contributed by atoms with E-state index in [1.165, 1.54) is 12.8 Å². The molecule has 0 saturated carbocycles. The minimum Gasteiger partial charge on any atom is -0.461 e. The maximum Gasteiger partial charge on any atom is 0.134 e. The summed E-state index contributed by atoms with van der Waals surface area (Å²) in [6, 6.07) is 19.7. The first-order valence-corrected chi connectivity index (χ1v) is 9.43. The molecule has 3 heteroatoms. The Labute approximate surface area is 154 Å². The lowest BCUT2D eigenvalue weighted by Gasteiger charge is -2.25. The molecule has 2 heterocycles. The number of nitriles is 1. The molecule has 0 spiro atoms. The molecule has 0 bridgehead atoms. The number of furan rings is 1. The average Bonchev–Trinajstić information content (AvgIpc) is 3.22. The fraction of sp³-hybridized carbons (Fsp3) is 0.348. The van der Waals surface area contributed by atoms with Gasteiger partial charge in [0.05, 0.1) is 11.6 Å². The second kappa shape index (κ2) is 6.97. The van der Waals surface area contributed by atoms with Gasteiger partial charge in [0, 0.05) is 30.4 Å². The van der Waals surface area contributed by atoms with Gasteiger partial charge in [0.1, 0.15) is 11.3 Å². The van der Waals surface area contributed by atoms with Gasteiger partial charge in [-0.2, -0.15) is 5.26 Å². The van der Waals surface area contributed by atoms with Crippen LogP contribution < -0.4 is 0 Å². The van der Waals surface area contributed by atoms with Crippen LogP contribution in [0.15, 0.2) is 52.9 Å². The highest BCUT2D eigenvalue weighted by molar-refractivity contribution is 5.84. The van der Waals surface area contributed by atoms with Gasteiger partial charge in [-0.25, -0.2) is 0 Å². The zero-order valence-corrected chi connectivity index (χ0v) is 15.4. The Morgan fingerprint density at radius 1 is 1.00 bits per heavy atom. The molecule has 1 fully saturated rings. The van der Waals surface area contributed by atoms with Gasteiger partial charge < -0.3 is 4.42 Å². The van der Waals surface area contributed by atoms with Gasteiger partial charge in [-0.3, -0.25) is 4.90 Å². The monoisotopic (exact) mass is 344 g/mol. The number of rotatable bonds is 4. The van der Waals surface area contributed by atoms with Crippen molar-refractivity contribution in [3.63, 3.8) is 0 Å². The summed E-state index contributed by atoms with van der Waals surface area (Å²) < 4.78 is 6.06. The summed E-state index contributed by atoms with van der Waals surface area (Å²) in [7, 11) is 0. The molecule has 0 amide bonds. The van der Waals surface area contributed by atoms with Crippen molar-refractivity contribution in [2.24, 2.45) is 0 Å². The molecule has 0 unspecified atom stereocenters. The van der Waals surface area contributed by atoms with E-state index in [1.54, 1.807) is 0 Å². The van der Waals surface area contributed by atoms with Crippen molar-refractivity contribution < 1.29 is 4.42 Å².